The van der Waals surface area contributed by atoms with Gasteiger partial charge in [0.15, 0.2) is 0 Å². The fourth-order valence-electron chi connectivity index (χ4n) is 1.71. The predicted molar refractivity (Wildman–Crippen MR) is 67.4 cm³/mol. The summed E-state index contributed by atoms with van der Waals surface area (Å²) in [5.41, 5.74) is 0.249. The van der Waals surface area contributed by atoms with Crippen LogP contribution in [0, 0.1) is 10.1 Å². The third-order valence-electron chi connectivity index (χ3n) is 2.61. The Kier molecular flexibility index (Phi) is 3.37. The van der Waals surface area contributed by atoms with Gasteiger partial charge in [-0.25, -0.2) is 4.68 Å². The number of hydrogen-bond donors (Lipinski definition) is 1. The zero-order chi connectivity index (χ0) is 14.0. The Hall–Kier alpha value is -2.57. The second kappa shape index (κ2) is 4.97. The third-order valence-corrected chi connectivity index (χ3v) is 2.61. The third kappa shape index (κ3) is 2.49. The van der Waals surface area contributed by atoms with Crippen LogP contribution in [0.25, 0.3) is 0 Å². The van der Waals surface area contributed by atoms with Crippen LogP contribution < -0.4 is 4.74 Å². The fourth-order valence-corrected chi connectivity index (χ4v) is 1.71. The minimum absolute atomic E-state index is 0.0764. The largest absolute Gasteiger partial charge is 0.508 e. The van der Waals surface area contributed by atoms with Crippen LogP contribution in [-0.2, 0) is 13.5 Å². The Morgan fingerprint density at radius 2 is 2.05 bits per heavy atom. The molecule has 0 radical (unpaired) electrons. The highest BCUT2D eigenvalue weighted by molar-refractivity contribution is 5.48. The van der Waals surface area contributed by atoms with Crippen molar-refractivity contribution in [3.8, 4) is 17.4 Å². The molecule has 0 saturated carbocycles. The Labute approximate surface area is 109 Å². The molecule has 19 heavy (non-hydrogen) atoms. The highest BCUT2D eigenvalue weighted by atomic mass is 16.6. The topological polar surface area (TPSA) is 90.4 Å². The molecule has 0 atom stereocenters. The van der Waals surface area contributed by atoms with E-state index in [1.807, 2.05) is 0 Å². The van der Waals surface area contributed by atoms with E-state index in [9.17, 15) is 15.2 Å². The summed E-state index contributed by atoms with van der Waals surface area (Å²) in [5, 5.41) is 24.3. The van der Waals surface area contributed by atoms with Gasteiger partial charge < -0.3 is 9.84 Å². The van der Waals surface area contributed by atoms with E-state index in [4.69, 9.17) is 4.74 Å². The summed E-state index contributed by atoms with van der Waals surface area (Å²) in [4.78, 5) is 10.6. The van der Waals surface area contributed by atoms with Gasteiger partial charge in [-0.3, -0.25) is 10.1 Å². The van der Waals surface area contributed by atoms with Crippen LogP contribution in [0.4, 0.5) is 5.69 Å². The minimum atomic E-state index is -0.498. The zero-order valence-electron chi connectivity index (χ0n) is 10.5. The number of benzene rings is 1. The molecule has 7 nitrogen and oxygen atoms in total. The molecule has 100 valence electrons. The summed E-state index contributed by atoms with van der Waals surface area (Å²) in [6, 6.07) is 5.94. The second-order valence-electron chi connectivity index (χ2n) is 3.93. The number of phenols is 1. The molecule has 2 rings (SSSR count). The van der Waals surface area contributed by atoms with Gasteiger partial charge in [0, 0.05) is 7.05 Å². The normalized spacial score (nSPS) is 10.4. The van der Waals surface area contributed by atoms with Gasteiger partial charge in [0.05, 0.1) is 4.92 Å². The molecule has 1 aromatic carbocycles. The standard InChI is InChI=1S/C12H13N3O4/c1-3-10-11(15(17)18)12(14(2)13-10)19-9-6-4-8(16)5-7-9/h4-7,16H,3H2,1-2H3. The molecular formula is C12H13N3O4. The number of aromatic hydroxyl groups is 1. The Balaban J connectivity index is 2.41. The van der Waals surface area contributed by atoms with Gasteiger partial charge in [-0.2, -0.15) is 5.10 Å². The number of hydrogen-bond acceptors (Lipinski definition) is 5. The van der Waals surface area contributed by atoms with Crippen LogP contribution in [-0.4, -0.2) is 19.8 Å². The van der Waals surface area contributed by atoms with Gasteiger partial charge in [0.2, 0.25) is 0 Å². The van der Waals surface area contributed by atoms with Crippen molar-refractivity contribution in [2.75, 3.05) is 0 Å². The summed E-state index contributed by atoms with van der Waals surface area (Å²) in [5.74, 6) is 0.570. The van der Waals surface area contributed by atoms with Crippen LogP contribution >= 0.6 is 0 Å². The fraction of sp³-hybridized carbons (Fsp3) is 0.250. The molecule has 2 aromatic rings. The lowest BCUT2D eigenvalue weighted by Gasteiger charge is -2.04. The first kappa shape index (κ1) is 12.9. The molecule has 0 aliphatic carbocycles. The Bertz CT molecular complexity index is 604. The highest BCUT2D eigenvalue weighted by Gasteiger charge is 2.27. The molecule has 0 aliphatic rings. The number of nitro groups is 1. The average Bonchev–Trinajstić information content (AvgIpc) is 2.69. The van der Waals surface area contributed by atoms with Gasteiger partial charge in [0.1, 0.15) is 17.2 Å². The monoisotopic (exact) mass is 263 g/mol. The molecule has 1 aromatic heterocycles. The molecule has 7 heteroatoms. The molecule has 0 saturated heterocycles. The molecule has 0 aliphatic heterocycles. The first-order valence-corrected chi connectivity index (χ1v) is 5.70. The van der Waals surface area contributed by atoms with E-state index in [1.165, 1.54) is 28.9 Å². The minimum Gasteiger partial charge on any atom is -0.508 e. The summed E-state index contributed by atoms with van der Waals surface area (Å²) in [6.45, 7) is 1.79. The van der Waals surface area contributed by atoms with Crippen LogP contribution in [0.5, 0.6) is 17.4 Å². The molecular weight excluding hydrogens is 250 g/mol. The second-order valence-corrected chi connectivity index (χ2v) is 3.93. The highest BCUT2D eigenvalue weighted by Crippen LogP contribution is 2.34. The van der Waals surface area contributed by atoms with E-state index in [0.717, 1.165) is 0 Å². The molecule has 1 heterocycles. The van der Waals surface area contributed by atoms with E-state index in [2.05, 4.69) is 5.10 Å². The van der Waals surface area contributed by atoms with Crippen LogP contribution in [0.3, 0.4) is 0 Å². The zero-order valence-corrected chi connectivity index (χ0v) is 10.5. The number of aromatic nitrogens is 2. The summed E-state index contributed by atoms with van der Waals surface area (Å²) in [7, 11) is 1.59. The summed E-state index contributed by atoms with van der Waals surface area (Å²) < 4.78 is 6.82. The van der Waals surface area contributed by atoms with Crippen LogP contribution in [0.1, 0.15) is 12.6 Å². The van der Waals surface area contributed by atoms with Gasteiger partial charge in [-0.15, -0.1) is 0 Å². The van der Waals surface area contributed by atoms with Crippen molar-refractivity contribution in [1.82, 2.24) is 9.78 Å². The Morgan fingerprint density at radius 1 is 1.42 bits per heavy atom. The lowest BCUT2D eigenvalue weighted by atomic mass is 10.3. The number of aryl methyl sites for hydroxylation is 2. The molecule has 0 bridgehead atoms. The van der Waals surface area contributed by atoms with E-state index in [-0.39, 0.29) is 17.3 Å². The van der Waals surface area contributed by atoms with Crippen LogP contribution in [0.2, 0.25) is 0 Å². The lowest BCUT2D eigenvalue weighted by molar-refractivity contribution is -0.386. The van der Waals surface area contributed by atoms with E-state index in [0.29, 0.717) is 17.9 Å². The maximum Gasteiger partial charge on any atom is 0.353 e. The average molecular weight is 263 g/mol. The molecule has 0 spiro atoms. The van der Waals surface area contributed by atoms with Crippen molar-refractivity contribution >= 4 is 5.69 Å². The van der Waals surface area contributed by atoms with Crippen LogP contribution in [0.15, 0.2) is 24.3 Å². The van der Waals surface area contributed by atoms with Gasteiger partial charge in [-0.05, 0) is 30.7 Å². The predicted octanol–water partition coefficient (Wildman–Crippen LogP) is 2.39. The number of phenolic OH excluding ortho intramolecular Hbond substituents is 1. The van der Waals surface area contributed by atoms with Crippen molar-refractivity contribution in [1.29, 1.82) is 0 Å². The lowest BCUT2D eigenvalue weighted by Crippen LogP contribution is -1.97. The van der Waals surface area contributed by atoms with Gasteiger partial charge in [0.25, 0.3) is 5.88 Å². The van der Waals surface area contributed by atoms with Crippen molar-refractivity contribution < 1.29 is 14.8 Å². The first-order chi connectivity index (χ1) is 9.02. The van der Waals surface area contributed by atoms with Gasteiger partial charge in [-0.1, -0.05) is 6.92 Å². The van der Waals surface area contributed by atoms with E-state index in [1.54, 1.807) is 14.0 Å². The molecule has 0 fully saturated rings. The summed E-state index contributed by atoms with van der Waals surface area (Å²) in [6.07, 6.45) is 0.448. The van der Waals surface area contributed by atoms with E-state index >= 15 is 0 Å². The van der Waals surface area contributed by atoms with E-state index < -0.39 is 4.92 Å². The molecule has 1 N–H and O–H groups in total. The number of ether oxygens (including phenoxy) is 1. The number of rotatable bonds is 4. The maximum atomic E-state index is 11.1. The van der Waals surface area contributed by atoms with Crippen molar-refractivity contribution in [2.45, 2.75) is 13.3 Å². The first-order valence-electron chi connectivity index (χ1n) is 5.70. The smallest absolute Gasteiger partial charge is 0.353 e. The van der Waals surface area contributed by atoms with Crippen molar-refractivity contribution in [3.63, 3.8) is 0 Å². The number of nitrogens with zero attached hydrogens (tertiary/aromatic N) is 3. The molecule has 0 unspecified atom stereocenters. The van der Waals surface area contributed by atoms with Gasteiger partial charge >= 0.3 is 5.69 Å². The van der Waals surface area contributed by atoms with Crippen molar-refractivity contribution in [2.24, 2.45) is 7.05 Å². The van der Waals surface area contributed by atoms with Crippen molar-refractivity contribution in [3.05, 3.63) is 40.1 Å². The summed E-state index contributed by atoms with van der Waals surface area (Å²) >= 11 is 0. The molecule has 0 amide bonds. The quantitative estimate of drug-likeness (QED) is 0.675. The SMILES string of the molecule is CCc1nn(C)c(Oc2ccc(O)cc2)c1[N+](=O)[O-]. The maximum absolute atomic E-state index is 11.1. The Morgan fingerprint density at radius 3 is 2.58 bits per heavy atom.